The van der Waals surface area contributed by atoms with E-state index >= 15 is 0 Å². The lowest BCUT2D eigenvalue weighted by molar-refractivity contribution is -0.159. The maximum Gasteiger partial charge on any atom is 0.387 e. The van der Waals surface area contributed by atoms with Crippen molar-refractivity contribution < 1.29 is 41.9 Å². The minimum Gasteiger partial charge on any atom is -0.493 e. The Morgan fingerprint density at radius 1 is 1.18 bits per heavy atom. The topological polar surface area (TPSA) is 121 Å². The Balaban J connectivity index is 1.39. The predicted molar refractivity (Wildman–Crippen MR) is 109 cm³/mol. The van der Waals surface area contributed by atoms with Crippen molar-refractivity contribution in [2.75, 3.05) is 7.11 Å². The van der Waals surface area contributed by atoms with Crippen LogP contribution in [-0.2, 0) is 25.7 Å². The number of rotatable bonds is 8. The summed E-state index contributed by atoms with van der Waals surface area (Å²) >= 11 is 0. The van der Waals surface area contributed by atoms with Gasteiger partial charge in [0.05, 0.1) is 18.9 Å². The van der Waals surface area contributed by atoms with Crippen molar-refractivity contribution in [3.05, 3.63) is 24.1 Å². The molecule has 1 saturated carbocycles. The average molecular weight is 479 g/mol. The molecule has 3 atom stereocenters. The summed E-state index contributed by atoms with van der Waals surface area (Å²) in [7, 11) is 1.30. The van der Waals surface area contributed by atoms with Crippen LogP contribution in [0.25, 0.3) is 11.4 Å². The second kappa shape index (κ2) is 9.74. The molecule has 1 saturated heterocycles. The lowest BCUT2D eigenvalue weighted by Gasteiger charge is -2.21. The maximum atomic E-state index is 12.7. The zero-order chi connectivity index (χ0) is 24.4. The highest BCUT2D eigenvalue weighted by Gasteiger charge is 2.51. The van der Waals surface area contributed by atoms with Crippen LogP contribution >= 0.6 is 0 Å². The van der Waals surface area contributed by atoms with Gasteiger partial charge in [0.15, 0.2) is 18.1 Å². The number of hydrogen-bond acceptors (Lipinski definition) is 9. The van der Waals surface area contributed by atoms with Crippen LogP contribution in [-0.4, -0.2) is 52.6 Å². The first kappa shape index (κ1) is 23.6. The molecule has 1 aliphatic heterocycles. The normalized spacial score (nSPS) is 20.9. The third kappa shape index (κ3) is 4.57. The summed E-state index contributed by atoms with van der Waals surface area (Å²) in [5.41, 5.74) is 0.393. The number of fused-ring (bicyclic) bond motifs is 1. The third-order valence-electron chi connectivity index (χ3n) is 6.05. The Morgan fingerprint density at radius 2 is 1.85 bits per heavy atom. The fraction of sp³-hybridized carbons (Fsp3) is 0.500. The van der Waals surface area contributed by atoms with Crippen molar-refractivity contribution in [2.24, 2.45) is 11.8 Å². The maximum absolute atomic E-state index is 12.7. The van der Waals surface area contributed by atoms with Gasteiger partial charge in [-0.25, -0.2) is 4.79 Å². The number of hydrogen-bond donors (Lipinski definition) is 0. The van der Waals surface area contributed by atoms with E-state index in [1.165, 1.54) is 32.2 Å². The Labute approximate surface area is 193 Å². The van der Waals surface area contributed by atoms with E-state index in [9.17, 15) is 23.2 Å². The van der Waals surface area contributed by atoms with E-state index < -0.39 is 18.6 Å². The average Bonchev–Trinajstić information content (AvgIpc) is 3.40. The lowest BCUT2D eigenvalue weighted by Crippen LogP contribution is -2.44. The van der Waals surface area contributed by atoms with Crippen LogP contribution < -0.4 is 9.47 Å². The quantitative estimate of drug-likeness (QED) is 0.415. The number of carbonyl (C=O) groups is 3. The molecule has 182 valence electrons. The first-order valence-electron chi connectivity index (χ1n) is 10.8. The minimum atomic E-state index is -3.01. The molecular weight excluding hydrogens is 456 g/mol. The molecule has 12 heteroatoms. The molecule has 1 aliphatic carbocycles. The van der Waals surface area contributed by atoms with E-state index in [0.29, 0.717) is 18.4 Å². The number of likely N-dealkylation sites (tertiary alicyclic amines) is 1. The summed E-state index contributed by atoms with van der Waals surface area (Å²) in [6.07, 6.45) is 3.08. The highest BCUT2D eigenvalue weighted by molar-refractivity contribution is 6.07. The number of nitrogens with zero attached hydrogens (tertiary/aromatic N) is 3. The summed E-state index contributed by atoms with van der Waals surface area (Å²) in [6.45, 7) is -1.93. The van der Waals surface area contributed by atoms with Crippen LogP contribution in [0.3, 0.4) is 0 Å². The molecule has 0 spiro atoms. The van der Waals surface area contributed by atoms with Gasteiger partial charge in [-0.2, -0.15) is 13.8 Å². The molecular formula is C22H23F2N3O7. The van der Waals surface area contributed by atoms with Crippen molar-refractivity contribution in [3.8, 4) is 22.9 Å². The monoisotopic (exact) mass is 479 g/mol. The molecule has 2 heterocycles. The highest BCUT2D eigenvalue weighted by Crippen LogP contribution is 2.39. The number of benzene rings is 1. The number of amides is 2. The standard InChI is InChI=1S/C22H23F2N3O7/c1-11(27-19(28)13-5-3-4-6-14(13)20(27)29)21(30)32-10-17-25-18(26-34-17)12-7-8-15(33-22(23)24)16(9-12)31-2/h7-9,11,13-14,22H,3-6,10H2,1-2H3/t11-,13?,14?/m0/s1. The second-order valence-corrected chi connectivity index (χ2v) is 8.08. The van der Waals surface area contributed by atoms with Crippen LogP contribution in [0.15, 0.2) is 22.7 Å². The van der Waals surface area contributed by atoms with Gasteiger partial charge in [0.25, 0.3) is 5.89 Å². The second-order valence-electron chi connectivity index (χ2n) is 8.08. The third-order valence-corrected chi connectivity index (χ3v) is 6.05. The van der Waals surface area contributed by atoms with E-state index in [1.54, 1.807) is 0 Å². The van der Waals surface area contributed by atoms with Gasteiger partial charge in [-0.3, -0.25) is 14.5 Å². The van der Waals surface area contributed by atoms with Gasteiger partial charge < -0.3 is 18.7 Å². The molecule has 0 bridgehead atoms. The zero-order valence-corrected chi connectivity index (χ0v) is 18.5. The lowest BCUT2D eigenvalue weighted by atomic mass is 9.81. The van der Waals surface area contributed by atoms with E-state index in [2.05, 4.69) is 14.9 Å². The fourth-order valence-corrected chi connectivity index (χ4v) is 4.36. The van der Waals surface area contributed by atoms with Crippen LogP contribution in [0, 0.1) is 11.8 Å². The summed E-state index contributed by atoms with van der Waals surface area (Å²) in [6, 6.07) is 3.04. The largest absolute Gasteiger partial charge is 0.493 e. The van der Waals surface area contributed by atoms with Crippen LogP contribution in [0.4, 0.5) is 8.78 Å². The number of carbonyl (C=O) groups excluding carboxylic acids is 3. The zero-order valence-electron chi connectivity index (χ0n) is 18.5. The molecule has 2 amide bonds. The molecule has 1 aromatic heterocycles. The summed E-state index contributed by atoms with van der Waals surface area (Å²) in [5, 5.41) is 3.79. The molecule has 1 aromatic carbocycles. The number of alkyl halides is 2. The number of esters is 1. The number of ether oxygens (including phenoxy) is 3. The summed E-state index contributed by atoms with van der Waals surface area (Å²) in [4.78, 5) is 43.0. The minimum absolute atomic E-state index is 0.0323. The number of halogens is 2. The summed E-state index contributed by atoms with van der Waals surface area (Å²) in [5.74, 6) is -2.17. The Kier molecular flexibility index (Phi) is 6.75. The fourth-order valence-electron chi connectivity index (χ4n) is 4.36. The molecule has 10 nitrogen and oxygen atoms in total. The SMILES string of the molecule is COc1cc(-c2noc(COC(=O)[C@H](C)N3C(=O)C4CCCCC4C3=O)n2)ccc1OC(F)F. The van der Waals surface area contributed by atoms with Crippen LogP contribution in [0.2, 0.25) is 0 Å². The molecule has 2 unspecified atom stereocenters. The van der Waals surface area contributed by atoms with Gasteiger partial charge in [0, 0.05) is 5.56 Å². The van der Waals surface area contributed by atoms with Crippen LogP contribution in [0.5, 0.6) is 11.5 Å². The molecule has 4 rings (SSSR count). The van der Waals surface area contributed by atoms with E-state index in [-0.39, 0.29) is 53.5 Å². The Bertz CT molecular complexity index is 1070. The Morgan fingerprint density at radius 3 is 2.47 bits per heavy atom. The molecule has 2 aliphatic rings. The number of imide groups is 1. The van der Waals surface area contributed by atoms with Crippen molar-refractivity contribution in [1.29, 1.82) is 0 Å². The van der Waals surface area contributed by atoms with Gasteiger partial charge in [0.2, 0.25) is 17.6 Å². The molecule has 0 N–H and O–H groups in total. The van der Waals surface area contributed by atoms with Crippen molar-refractivity contribution in [3.63, 3.8) is 0 Å². The number of aromatic nitrogens is 2. The van der Waals surface area contributed by atoms with Crippen molar-refractivity contribution >= 4 is 17.8 Å². The van der Waals surface area contributed by atoms with E-state index in [1.807, 2.05) is 0 Å². The van der Waals surface area contributed by atoms with Crippen molar-refractivity contribution in [2.45, 2.75) is 51.9 Å². The molecule has 2 fully saturated rings. The van der Waals surface area contributed by atoms with Gasteiger partial charge in [0.1, 0.15) is 6.04 Å². The van der Waals surface area contributed by atoms with Gasteiger partial charge >= 0.3 is 12.6 Å². The van der Waals surface area contributed by atoms with E-state index in [0.717, 1.165) is 17.7 Å². The van der Waals surface area contributed by atoms with E-state index in [4.69, 9.17) is 14.0 Å². The van der Waals surface area contributed by atoms with Crippen LogP contribution in [0.1, 0.15) is 38.5 Å². The highest BCUT2D eigenvalue weighted by atomic mass is 19.3. The number of methoxy groups -OCH3 is 1. The smallest absolute Gasteiger partial charge is 0.387 e. The van der Waals surface area contributed by atoms with Gasteiger partial charge in [-0.05, 0) is 38.0 Å². The first-order chi connectivity index (χ1) is 16.3. The molecule has 2 aromatic rings. The van der Waals surface area contributed by atoms with Crippen molar-refractivity contribution in [1.82, 2.24) is 15.0 Å². The molecule has 0 radical (unpaired) electrons. The first-order valence-corrected chi connectivity index (χ1v) is 10.8. The summed E-state index contributed by atoms with van der Waals surface area (Å²) < 4.78 is 44.7. The van der Waals surface area contributed by atoms with Gasteiger partial charge in [-0.1, -0.05) is 18.0 Å². The molecule has 34 heavy (non-hydrogen) atoms. The Hall–Kier alpha value is -3.57. The van der Waals surface area contributed by atoms with Gasteiger partial charge in [-0.15, -0.1) is 0 Å². The predicted octanol–water partition coefficient (Wildman–Crippen LogP) is 2.95.